The minimum Gasteiger partial charge on any atom is -0.369 e. The second kappa shape index (κ2) is 10.7. The van der Waals surface area contributed by atoms with E-state index in [2.05, 4.69) is 27.1 Å². The molecule has 0 aliphatic carbocycles. The Hall–Kier alpha value is -2.78. The van der Waals surface area contributed by atoms with Crippen LogP contribution in [0.1, 0.15) is 46.4 Å². The Bertz CT molecular complexity index is 935. The van der Waals surface area contributed by atoms with Crippen molar-refractivity contribution in [1.29, 1.82) is 0 Å². The topological polar surface area (TPSA) is 93.3 Å². The molecule has 3 amide bonds. The zero-order valence-electron chi connectivity index (χ0n) is 20.2. The van der Waals surface area contributed by atoms with Crippen molar-refractivity contribution >= 4 is 29.7 Å². The standard InChI is InChI=1S/C25H35N5O4/c1-27-9-7-18(8-10-27)16-29-11-13-30(14-12-29)20-4-3-19(17-31)21(15-20)25(34)28(2)22-5-6-23(32)26-24(22)33/h3-4,15,17-18,22H,5-14,16H2,1-2H3,(H,26,32,33). The van der Waals surface area contributed by atoms with Gasteiger partial charge in [-0.2, -0.15) is 0 Å². The van der Waals surface area contributed by atoms with Crippen molar-refractivity contribution in [2.45, 2.75) is 31.7 Å². The smallest absolute Gasteiger partial charge is 0.255 e. The third-order valence-electron chi connectivity index (χ3n) is 7.48. The number of amides is 3. The summed E-state index contributed by atoms with van der Waals surface area (Å²) in [6, 6.07) is 4.61. The Kier molecular flexibility index (Phi) is 7.63. The number of hydrogen-bond donors (Lipinski definition) is 1. The van der Waals surface area contributed by atoms with Gasteiger partial charge in [0.2, 0.25) is 11.8 Å². The predicted molar refractivity (Wildman–Crippen MR) is 129 cm³/mol. The predicted octanol–water partition coefficient (Wildman–Crippen LogP) is 0.840. The summed E-state index contributed by atoms with van der Waals surface area (Å²) in [5.41, 5.74) is 1.49. The maximum atomic E-state index is 13.3. The van der Waals surface area contributed by atoms with Crippen LogP contribution in [0.4, 0.5) is 5.69 Å². The van der Waals surface area contributed by atoms with E-state index in [9.17, 15) is 19.2 Å². The highest BCUT2D eigenvalue weighted by molar-refractivity contribution is 6.06. The van der Waals surface area contributed by atoms with Crippen molar-refractivity contribution in [3.63, 3.8) is 0 Å². The molecule has 1 aromatic rings. The lowest BCUT2D eigenvalue weighted by molar-refractivity contribution is -0.136. The van der Waals surface area contributed by atoms with E-state index in [4.69, 9.17) is 0 Å². The second-order valence-electron chi connectivity index (χ2n) is 9.81. The van der Waals surface area contributed by atoms with Gasteiger partial charge < -0.3 is 14.7 Å². The molecular weight excluding hydrogens is 434 g/mol. The number of hydrogen-bond acceptors (Lipinski definition) is 7. The number of carbonyl (C=O) groups excluding carboxylic acids is 4. The van der Waals surface area contributed by atoms with Crippen LogP contribution in [0.3, 0.4) is 0 Å². The van der Waals surface area contributed by atoms with Crippen LogP contribution in [-0.2, 0) is 9.59 Å². The first-order valence-corrected chi connectivity index (χ1v) is 12.2. The molecular formula is C25H35N5O4. The zero-order valence-corrected chi connectivity index (χ0v) is 20.2. The molecule has 3 aliphatic rings. The summed E-state index contributed by atoms with van der Waals surface area (Å²) in [6.45, 7) is 7.18. The minimum absolute atomic E-state index is 0.191. The van der Waals surface area contributed by atoms with E-state index in [1.54, 1.807) is 19.2 Å². The third-order valence-corrected chi connectivity index (χ3v) is 7.48. The monoisotopic (exact) mass is 469 g/mol. The van der Waals surface area contributed by atoms with Gasteiger partial charge in [0, 0.05) is 57.4 Å². The summed E-state index contributed by atoms with van der Waals surface area (Å²) in [4.78, 5) is 57.1. The third kappa shape index (κ3) is 5.47. The van der Waals surface area contributed by atoms with Crippen molar-refractivity contribution in [3.05, 3.63) is 29.3 Å². The highest BCUT2D eigenvalue weighted by Gasteiger charge is 2.33. The molecule has 3 heterocycles. The Balaban J connectivity index is 1.40. The van der Waals surface area contributed by atoms with Crippen molar-refractivity contribution in [2.75, 3.05) is 64.8 Å². The number of imide groups is 1. The van der Waals surface area contributed by atoms with E-state index in [1.807, 2.05) is 6.07 Å². The van der Waals surface area contributed by atoms with Crippen molar-refractivity contribution in [3.8, 4) is 0 Å². The Labute approximate surface area is 201 Å². The van der Waals surface area contributed by atoms with Gasteiger partial charge in [-0.1, -0.05) is 0 Å². The van der Waals surface area contributed by atoms with Gasteiger partial charge in [-0.05, 0) is 63.5 Å². The Morgan fingerprint density at radius 3 is 2.44 bits per heavy atom. The number of nitrogens with one attached hydrogen (secondary N) is 1. The van der Waals surface area contributed by atoms with Gasteiger partial charge in [-0.15, -0.1) is 0 Å². The summed E-state index contributed by atoms with van der Waals surface area (Å²) >= 11 is 0. The molecule has 0 radical (unpaired) electrons. The van der Waals surface area contributed by atoms with Crippen molar-refractivity contribution in [2.24, 2.45) is 5.92 Å². The van der Waals surface area contributed by atoms with Crippen LogP contribution < -0.4 is 10.2 Å². The first-order valence-electron chi connectivity index (χ1n) is 12.2. The van der Waals surface area contributed by atoms with Crippen LogP contribution in [0.15, 0.2) is 18.2 Å². The number of carbonyl (C=O) groups is 4. The molecule has 1 N–H and O–H groups in total. The first kappa shape index (κ1) is 24.3. The maximum absolute atomic E-state index is 13.3. The van der Waals surface area contributed by atoms with Crippen LogP contribution in [0, 0.1) is 5.92 Å². The van der Waals surface area contributed by atoms with Crippen LogP contribution in [0.2, 0.25) is 0 Å². The summed E-state index contributed by atoms with van der Waals surface area (Å²) < 4.78 is 0. The normalized spacial score (nSPS) is 23.0. The van der Waals surface area contributed by atoms with Gasteiger partial charge in [0.1, 0.15) is 6.04 Å². The molecule has 9 heteroatoms. The molecule has 0 aromatic heterocycles. The minimum atomic E-state index is -0.725. The van der Waals surface area contributed by atoms with Crippen molar-refractivity contribution < 1.29 is 19.2 Å². The van der Waals surface area contributed by atoms with Gasteiger partial charge >= 0.3 is 0 Å². The molecule has 4 rings (SSSR count). The fourth-order valence-corrected chi connectivity index (χ4v) is 5.21. The molecule has 3 fully saturated rings. The van der Waals surface area contributed by atoms with E-state index < -0.39 is 11.9 Å². The highest BCUT2D eigenvalue weighted by Crippen LogP contribution is 2.24. The summed E-state index contributed by atoms with van der Waals surface area (Å²) in [6.07, 6.45) is 3.67. The molecule has 1 atom stereocenters. The number of nitrogens with zero attached hydrogens (tertiary/aromatic N) is 4. The molecule has 0 spiro atoms. The summed E-state index contributed by atoms with van der Waals surface area (Å²) in [5, 5.41) is 2.29. The van der Waals surface area contributed by atoms with E-state index in [0.29, 0.717) is 11.8 Å². The summed E-state index contributed by atoms with van der Waals surface area (Å²) in [5.74, 6) is -0.426. The van der Waals surface area contributed by atoms with Crippen LogP contribution in [-0.4, -0.2) is 105 Å². The maximum Gasteiger partial charge on any atom is 0.255 e. The molecule has 3 aliphatic heterocycles. The van der Waals surface area contributed by atoms with E-state index in [0.717, 1.165) is 44.3 Å². The average molecular weight is 470 g/mol. The van der Waals surface area contributed by atoms with Gasteiger partial charge in [0.25, 0.3) is 5.91 Å². The molecule has 184 valence electrons. The number of likely N-dealkylation sites (N-methyl/N-ethyl adjacent to an activating group) is 1. The summed E-state index contributed by atoms with van der Waals surface area (Å²) in [7, 11) is 3.73. The fourth-order valence-electron chi connectivity index (χ4n) is 5.21. The molecule has 0 saturated carbocycles. The lowest BCUT2D eigenvalue weighted by atomic mass is 9.96. The van der Waals surface area contributed by atoms with Crippen LogP contribution in [0.5, 0.6) is 0 Å². The van der Waals surface area contributed by atoms with Gasteiger partial charge in [-0.3, -0.25) is 29.4 Å². The lowest BCUT2D eigenvalue weighted by Gasteiger charge is -2.39. The van der Waals surface area contributed by atoms with Gasteiger partial charge in [0.15, 0.2) is 6.29 Å². The number of aldehydes is 1. The number of rotatable bonds is 6. The second-order valence-corrected chi connectivity index (χ2v) is 9.81. The average Bonchev–Trinajstić information content (AvgIpc) is 2.85. The van der Waals surface area contributed by atoms with Crippen molar-refractivity contribution in [1.82, 2.24) is 20.0 Å². The zero-order chi connectivity index (χ0) is 24.2. The van der Waals surface area contributed by atoms with E-state index in [-0.39, 0.29) is 30.2 Å². The Morgan fingerprint density at radius 2 is 1.79 bits per heavy atom. The number of likely N-dealkylation sites (tertiary alicyclic amines) is 1. The number of benzene rings is 1. The molecule has 1 unspecified atom stereocenters. The molecule has 34 heavy (non-hydrogen) atoms. The van der Waals surface area contributed by atoms with E-state index >= 15 is 0 Å². The molecule has 1 aromatic carbocycles. The number of piperidine rings is 2. The van der Waals surface area contributed by atoms with Gasteiger partial charge in [0.05, 0.1) is 5.56 Å². The van der Waals surface area contributed by atoms with E-state index in [1.165, 1.54) is 30.8 Å². The quantitative estimate of drug-likeness (QED) is 0.488. The molecule has 9 nitrogen and oxygen atoms in total. The number of piperazine rings is 1. The number of anilines is 1. The van der Waals surface area contributed by atoms with Gasteiger partial charge in [-0.25, -0.2) is 0 Å². The lowest BCUT2D eigenvalue weighted by Crippen LogP contribution is -2.53. The first-order chi connectivity index (χ1) is 16.4. The fraction of sp³-hybridized carbons (Fsp3) is 0.600. The Morgan fingerprint density at radius 1 is 1.09 bits per heavy atom. The highest BCUT2D eigenvalue weighted by atomic mass is 16.2. The SMILES string of the molecule is CN1CCC(CN2CCN(c3ccc(C=O)c(C(=O)N(C)C4CCC(=O)NC4=O)c3)CC2)CC1. The molecule has 3 saturated heterocycles. The molecule has 0 bridgehead atoms. The van der Waals surface area contributed by atoms with Crippen LogP contribution >= 0.6 is 0 Å². The van der Waals surface area contributed by atoms with Crippen LogP contribution in [0.25, 0.3) is 0 Å². The largest absolute Gasteiger partial charge is 0.369 e.